The Labute approximate surface area is 74.5 Å². The Kier molecular flexibility index (Phi) is 2.95. The summed E-state index contributed by atoms with van der Waals surface area (Å²) in [6.45, 7) is 0. The van der Waals surface area contributed by atoms with E-state index in [1.54, 1.807) is 0 Å². The highest BCUT2D eigenvalue weighted by atomic mass is 19.4. The first-order chi connectivity index (χ1) is 5.95. The summed E-state index contributed by atoms with van der Waals surface area (Å²) in [7, 11) is 1.46. The van der Waals surface area contributed by atoms with Gasteiger partial charge < -0.3 is 5.32 Å². The highest BCUT2D eigenvalue weighted by molar-refractivity contribution is 5.79. The van der Waals surface area contributed by atoms with E-state index in [4.69, 9.17) is 0 Å². The predicted octanol–water partition coefficient (Wildman–Crippen LogP) is 1.51. The van der Waals surface area contributed by atoms with E-state index in [0.717, 1.165) is 0 Å². The summed E-state index contributed by atoms with van der Waals surface area (Å²) in [5.41, 5.74) is 0. The Bertz CT molecular complexity index is 202. The van der Waals surface area contributed by atoms with Crippen LogP contribution in [-0.4, -0.2) is 25.0 Å². The summed E-state index contributed by atoms with van der Waals surface area (Å²) in [6.07, 6.45) is -4.20. The van der Waals surface area contributed by atoms with Gasteiger partial charge >= 0.3 is 6.18 Å². The van der Waals surface area contributed by atoms with Gasteiger partial charge in [0.2, 0.25) is 0 Å². The molecule has 0 bridgehead atoms. The Balaban J connectivity index is 2.68. The standard InChI is InChI=1S/C8H12F3NO/c1-12-7-4-5(13)2-3-6(7)8(9,10)11/h6-7,12H,2-4H2,1H3. The number of rotatable bonds is 1. The van der Waals surface area contributed by atoms with Crippen LogP contribution in [0.25, 0.3) is 0 Å². The molecule has 5 heteroatoms. The number of alkyl halides is 3. The first kappa shape index (κ1) is 10.5. The van der Waals surface area contributed by atoms with Crippen molar-refractivity contribution in [2.45, 2.75) is 31.5 Å². The van der Waals surface area contributed by atoms with Gasteiger partial charge in [0.25, 0.3) is 0 Å². The fraction of sp³-hybridized carbons (Fsp3) is 0.875. The van der Waals surface area contributed by atoms with E-state index in [0.29, 0.717) is 0 Å². The van der Waals surface area contributed by atoms with E-state index < -0.39 is 18.1 Å². The van der Waals surface area contributed by atoms with Crippen molar-refractivity contribution in [1.29, 1.82) is 0 Å². The lowest BCUT2D eigenvalue weighted by Gasteiger charge is -2.31. The molecule has 0 aromatic carbocycles. The normalized spacial score (nSPS) is 30.6. The minimum Gasteiger partial charge on any atom is -0.316 e. The summed E-state index contributed by atoms with van der Waals surface area (Å²) < 4.78 is 37.1. The fourth-order valence-corrected chi connectivity index (χ4v) is 1.70. The zero-order valence-electron chi connectivity index (χ0n) is 7.32. The Morgan fingerprint density at radius 2 is 2.08 bits per heavy atom. The average Bonchev–Trinajstić information content (AvgIpc) is 2.01. The number of Topliss-reactive ketones (excluding diaryl/α,β-unsaturated/α-hetero) is 1. The largest absolute Gasteiger partial charge is 0.393 e. The van der Waals surface area contributed by atoms with E-state index >= 15 is 0 Å². The first-order valence-electron chi connectivity index (χ1n) is 4.21. The molecule has 1 fully saturated rings. The number of carbonyl (C=O) groups is 1. The third-order valence-electron chi connectivity index (χ3n) is 2.46. The van der Waals surface area contributed by atoms with Crippen LogP contribution in [0, 0.1) is 5.92 Å². The molecular weight excluding hydrogens is 183 g/mol. The Hall–Kier alpha value is -0.580. The van der Waals surface area contributed by atoms with Gasteiger partial charge in [-0.25, -0.2) is 0 Å². The fourth-order valence-electron chi connectivity index (χ4n) is 1.70. The topological polar surface area (TPSA) is 29.1 Å². The molecule has 0 aliphatic heterocycles. The Morgan fingerprint density at radius 1 is 1.46 bits per heavy atom. The van der Waals surface area contributed by atoms with Crippen molar-refractivity contribution >= 4 is 5.78 Å². The highest BCUT2D eigenvalue weighted by Gasteiger charge is 2.46. The van der Waals surface area contributed by atoms with Crippen molar-refractivity contribution < 1.29 is 18.0 Å². The lowest BCUT2D eigenvalue weighted by atomic mass is 9.83. The summed E-state index contributed by atoms with van der Waals surface area (Å²) in [5, 5.41) is 2.55. The van der Waals surface area contributed by atoms with Crippen molar-refractivity contribution in [3.63, 3.8) is 0 Å². The lowest BCUT2D eigenvalue weighted by Crippen LogP contribution is -2.46. The second-order valence-corrected chi connectivity index (χ2v) is 3.32. The van der Waals surface area contributed by atoms with Crippen LogP contribution in [0.1, 0.15) is 19.3 Å². The second kappa shape index (κ2) is 3.65. The SMILES string of the molecule is CNC1CC(=O)CCC1C(F)(F)F. The molecule has 0 amide bonds. The average molecular weight is 195 g/mol. The predicted molar refractivity (Wildman–Crippen MR) is 41.3 cm³/mol. The van der Waals surface area contributed by atoms with E-state index in [-0.39, 0.29) is 25.0 Å². The first-order valence-corrected chi connectivity index (χ1v) is 4.21. The van der Waals surface area contributed by atoms with Crippen LogP contribution in [0.2, 0.25) is 0 Å². The molecule has 2 nitrogen and oxygen atoms in total. The maximum atomic E-state index is 12.4. The molecule has 1 N–H and O–H groups in total. The molecule has 0 saturated heterocycles. The van der Waals surface area contributed by atoms with Gasteiger partial charge in [-0.1, -0.05) is 0 Å². The summed E-state index contributed by atoms with van der Waals surface area (Å²) in [6, 6.07) is -0.735. The van der Waals surface area contributed by atoms with Crippen LogP contribution in [0.15, 0.2) is 0 Å². The van der Waals surface area contributed by atoms with E-state index in [2.05, 4.69) is 5.32 Å². The molecule has 2 unspecified atom stereocenters. The van der Waals surface area contributed by atoms with Gasteiger partial charge in [-0.3, -0.25) is 4.79 Å². The van der Waals surface area contributed by atoms with Gasteiger partial charge in [-0.2, -0.15) is 13.2 Å². The minimum absolute atomic E-state index is 0.000671. The van der Waals surface area contributed by atoms with Gasteiger partial charge in [0.1, 0.15) is 5.78 Å². The van der Waals surface area contributed by atoms with Crippen LogP contribution in [0.5, 0.6) is 0 Å². The quantitative estimate of drug-likeness (QED) is 0.687. The van der Waals surface area contributed by atoms with Crippen molar-refractivity contribution in [2.24, 2.45) is 5.92 Å². The van der Waals surface area contributed by atoms with Crippen molar-refractivity contribution in [3.8, 4) is 0 Å². The molecule has 1 aliphatic carbocycles. The third-order valence-corrected chi connectivity index (χ3v) is 2.46. The van der Waals surface area contributed by atoms with Gasteiger partial charge in [-0.05, 0) is 13.5 Å². The molecule has 0 aromatic rings. The zero-order chi connectivity index (χ0) is 10.1. The van der Waals surface area contributed by atoms with Gasteiger partial charge in [0.15, 0.2) is 0 Å². The van der Waals surface area contributed by atoms with Crippen molar-refractivity contribution in [2.75, 3.05) is 7.05 Å². The summed E-state index contributed by atoms with van der Waals surface area (Å²) >= 11 is 0. The Morgan fingerprint density at radius 3 is 2.54 bits per heavy atom. The van der Waals surface area contributed by atoms with Gasteiger partial charge in [0.05, 0.1) is 5.92 Å². The molecule has 1 rings (SSSR count). The molecule has 0 aromatic heterocycles. The lowest BCUT2D eigenvalue weighted by molar-refractivity contribution is -0.188. The number of hydrogen-bond acceptors (Lipinski definition) is 2. The molecule has 0 radical (unpaired) electrons. The van der Waals surface area contributed by atoms with Gasteiger partial charge in [0, 0.05) is 18.9 Å². The van der Waals surface area contributed by atoms with Gasteiger partial charge in [-0.15, -0.1) is 0 Å². The number of nitrogens with one attached hydrogen (secondary N) is 1. The number of ketones is 1. The monoisotopic (exact) mass is 195 g/mol. The van der Waals surface area contributed by atoms with E-state index in [1.807, 2.05) is 0 Å². The highest BCUT2D eigenvalue weighted by Crippen LogP contribution is 2.36. The maximum Gasteiger partial charge on any atom is 0.393 e. The number of hydrogen-bond donors (Lipinski definition) is 1. The minimum atomic E-state index is -4.19. The number of carbonyl (C=O) groups excluding carboxylic acids is 1. The molecule has 1 saturated carbocycles. The molecule has 13 heavy (non-hydrogen) atoms. The van der Waals surface area contributed by atoms with Crippen LogP contribution in [0.3, 0.4) is 0 Å². The molecule has 0 heterocycles. The molecule has 76 valence electrons. The summed E-state index contributed by atoms with van der Waals surface area (Å²) in [5.74, 6) is -1.45. The van der Waals surface area contributed by atoms with E-state index in [9.17, 15) is 18.0 Å². The third kappa shape index (κ3) is 2.43. The molecular formula is C8H12F3NO. The molecule has 0 spiro atoms. The van der Waals surface area contributed by atoms with Crippen molar-refractivity contribution in [1.82, 2.24) is 5.32 Å². The van der Waals surface area contributed by atoms with Crippen LogP contribution < -0.4 is 5.32 Å². The maximum absolute atomic E-state index is 12.4. The second-order valence-electron chi connectivity index (χ2n) is 3.32. The van der Waals surface area contributed by atoms with Crippen molar-refractivity contribution in [3.05, 3.63) is 0 Å². The zero-order valence-corrected chi connectivity index (χ0v) is 7.32. The smallest absolute Gasteiger partial charge is 0.316 e. The summed E-state index contributed by atoms with van der Waals surface area (Å²) in [4.78, 5) is 10.9. The molecule has 1 aliphatic rings. The number of halogens is 3. The van der Waals surface area contributed by atoms with Crippen LogP contribution >= 0.6 is 0 Å². The molecule has 2 atom stereocenters. The van der Waals surface area contributed by atoms with E-state index in [1.165, 1.54) is 7.05 Å². The van der Waals surface area contributed by atoms with Crippen LogP contribution in [-0.2, 0) is 4.79 Å². The van der Waals surface area contributed by atoms with Crippen LogP contribution in [0.4, 0.5) is 13.2 Å².